The van der Waals surface area contributed by atoms with Gasteiger partial charge in [-0.1, -0.05) is 252 Å². The summed E-state index contributed by atoms with van der Waals surface area (Å²) in [6.45, 7) is 6.46. The van der Waals surface area contributed by atoms with Crippen LogP contribution in [0, 0.1) is 0 Å². The lowest BCUT2D eigenvalue weighted by Gasteiger charge is -2.18. The van der Waals surface area contributed by atoms with E-state index in [9.17, 15) is 14.4 Å². The molecule has 1 atom stereocenters. The number of ether oxygens (including phenoxy) is 3. The molecule has 6 heteroatoms. The van der Waals surface area contributed by atoms with Gasteiger partial charge in [0.15, 0.2) is 6.10 Å². The van der Waals surface area contributed by atoms with Gasteiger partial charge >= 0.3 is 17.9 Å². The highest BCUT2D eigenvalue weighted by Gasteiger charge is 2.19. The van der Waals surface area contributed by atoms with E-state index >= 15 is 0 Å². The fourth-order valence-electron chi connectivity index (χ4n) is 8.36. The van der Waals surface area contributed by atoms with Crippen molar-refractivity contribution in [3.8, 4) is 0 Å². The third-order valence-electron chi connectivity index (χ3n) is 13.0. The molecule has 0 aromatic carbocycles. The topological polar surface area (TPSA) is 78.9 Å². The maximum absolute atomic E-state index is 12.9. The Kier molecular flexibility index (Phi) is 58.3. The van der Waals surface area contributed by atoms with Gasteiger partial charge in [0.1, 0.15) is 13.2 Å². The fraction of sp³-hybridized carbons (Fsp3) is 0.691. The van der Waals surface area contributed by atoms with Gasteiger partial charge in [0.2, 0.25) is 0 Å². The molecular formula is C68H114O6. The lowest BCUT2D eigenvalue weighted by Crippen LogP contribution is -2.30. The Labute approximate surface area is 457 Å². The van der Waals surface area contributed by atoms with Crippen LogP contribution in [0.4, 0.5) is 0 Å². The molecule has 0 radical (unpaired) electrons. The van der Waals surface area contributed by atoms with Gasteiger partial charge in [0.25, 0.3) is 0 Å². The van der Waals surface area contributed by atoms with Gasteiger partial charge in [-0.2, -0.15) is 0 Å². The molecule has 0 aromatic heterocycles. The van der Waals surface area contributed by atoms with Crippen molar-refractivity contribution in [1.82, 2.24) is 0 Å². The standard InChI is InChI=1S/C68H114O6/c1-4-7-10-13-16-19-22-25-28-30-31-32-33-34-35-36-37-39-40-43-46-49-52-55-58-61-67(70)73-64-65(63-72-66(69)60-57-54-51-48-45-42-27-24-21-18-15-12-9-6-3)74-68(71)62-59-56-53-50-47-44-41-38-29-26-23-20-17-14-11-8-5-2/h8,11,17,20,22,24-27,29-31,33-34,41,44,50,53,65H,4-7,9-10,12-16,18-19,21,23,28,32,35-40,42-43,45-49,51-52,54-64H2,1-3H3/b11-8-,20-17-,25-22-,27-24-,29-26-,31-30-,34-33-,44-41-,53-50-. The van der Waals surface area contributed by atoms with Crippen LogP contribution in [0.2, 0.25) is 0 Å². The Balaban J connectivity index is 4.41. The summed E-state index contributed by atoms with van der Waals surface area (Å²) in [6.07, 6.45) is 83.8. The van der Waals surface area contributed by atoms with Crippen LogP contribution in [0.1, 0.15) is 284 Å². The summed E-state index contributed by atoms with van der Waals surface area (Å²) < 4.78 is 16.8. The average molecular weight is 1030 g/mol. The summed E-state index contributed by atoms with van der Waals surface area (Å²) in [7, 11) is 0. The largest absolute Gasteiger partial charge is 0.462 e. The maximum Gasteiger partial charge on any atom is 0.306 e. The molecule has 74 heavy (non-hydrogen) atoms. The van der Waals surface area contributed by atoms with Gasteiger partial charge in [-0.25, -0.2) is 0 Å². The zero-order valence-electron chi connectivity index (χ0n) is 48.3. The molecule has 6 nitrogen and oxygen atoms in total. The molecule has 0 aromatic rings. The number of hydrogen-bond donors (Lipinski definition) is 0. The highest BCUT2D eigenvalue weighted by atomic mass is 16.6. The van der Waals surface area contributed by atoms with Crippen LogP contribution < -0.4 is 0 Å². The minimum absolute atomic E-state index is 0.106. The number of hydrogen-bond acceptors (Lipinski definition) is 6. The maximum atomic E-state index is 12.9. The summed E-state index contributed by atoms with van der Waals surface area (Å²) in [4.78, 5) is 38.2. The first-order chi connectivity index (χ1) is 36.5. The van der Waals surface area contributed by atoms with Crippen molar-refractivity contribution in [2.75, 3.05) is 13.2 Å². The molecule has 0 aliphatic carbocycles. The molecule has 0 aliphatic rings. The summed E-state index contributed by atoms with van der Waals surface area (Å²) in [6, 6.07) is 0. The summed E-state index contributed by atoms with van der Waals surface area (Å²) in [5.41, 5.74) is 0. The van der Waals surface area contributed by atoms with Crippen LogP contribution in [-0.4, -0.2) is 37.2 Å². The molecule has 1 unspecified atom stereocenters. The highest BCUT2D eigenvalue weighted by Crippen LogP contribution is 2.15. The summed E-state index contributed by atoms with van der Waals surface area (Å²) >= 11 is 0. The minimum Gasteiger partial charge on any atom is -0.462 e. The predicted octanol–water partition coefficient (Wildman–Crippen LogP) is 21.0. The van der Waals surface area contributed by atoms with Crippen molar-refractivity contribution >= 4 is 17.9 Å². The number of unbranched alkanes of at least 4 members (excludes halogenated alkanes) is 26. The Morgan fingerprint density at radius 2 is 0.541 bits per heavy atom. The lowest BCUT2D eigenvalue weighted by molar-refractivity contribution is -0.167. The fourth-order valence-corrected chi connectivity index (χ4v) is 8.36. The molecule has 0 N–H and O–H groups in total. The van der Waals surface area contributed by atoms with Crippen molar-refractivity contribution in [3.05, 3.63) is 109 Å². The van der Waals surface area contributed by atoms with Gasteiger partial charge in [0.05, 0.1) is 0 Å². The average Bonchev–Trinajstić information content (AvgIpc) is 3.40. The molecule has 0 saturated heterocycles. The lowest BCUT2D eigenvalue weighted by atomic mass is 10.1. The first-order valence-corrected chi connectivity index (χ1v) is 30.9. The van der Waals surface area contributed by atoms with Crippen molar-refractivity contribution in [3.63, 3.8) is 0 Å². The number of carbonyl (C=O) groups is 3. The highest BCUT2D eigenvalue weighted by molar-refractivity contribution is 5.71. The molecule has 0 amide bonds. The molecule has 0 bridgehead atoms. The van der Waals surface area contributed by atoms with Crippen LogP contribution >= 0.6 is 0 Å². The molecular weight excluding hydrogens is 913 g/mol. The van der Waals surface area contributed by atoms with Crippen LogP contribution in [-0.2, 0) is 28.6 Å². The Morgan fingerprint density at radius 3 is 0.878 bits per heavy atom. The SMILES string of the molecule is CC/C=C\C/C=C\C/C=C\C/C=C\C/C=C\CCCC(=O)OC(COC(=O)CCCCCCC/C=C\CCCCCCC)COC(=O)CCCCCCCCCCCC/C=C\C/C=C\C/C=C\CCCCCCC. The summed E-state index contributed by atoms with van der Waals surface area (Å²) in [5.74, 6) is -0.974. The third kappa shape index (κ3) is 59.0. The zero-order chi connectivity index (χ0) is 53.6. The van der Waals surface area contributed by atoms with Crippen molar-refractivity contribution in [2.45, 2.75) is 290 Å². The van der Waals surface area contributed by atoms with Gasteiger partial charge in [-0.05, 0) is 122 Å². The van der Waals surface area contributed by atoms with E-state index in [0.717, 1.165) is 103 Å². The normalized spacial score (nSPS) is 12.9. The molecule has 0 spiro atoms. The first-order valence-electron chi connectivity index (χ1n) is 30.9. The van der Waals surface area contributed by atoms with E-state index in [-0.39, 0.29) is 37.5 Å². The molecule has 0 rings (SSSR count). The number of rotatable bonds is 55. The van der Waals surface area contributed by atoms with E-state index in [1.54, 1.807) is 0 Å². The van der Waals surface area contributed by atoms with Gasteiger partial charge in [-0.15, -0.1) is 0 Å². The number of carbonyl (C=O) groups excluding carboxylic acids is 3. The van der Waals surface area contributed by atoms with Crippen molar-refractivity contribution < 1.29 is 28.6 Å². The second-order valence-corrected chi connectivity index (χ2v) is 20.2. The van der Waals surface area contributed by atoms with Gasteiger partial charge < -0.3 is 14.2 Å². The smallest absolute Gasteiger partial charge is 0.306 e. The van der Waals surface area contributed by atoms with E-state index in [1.165, 1.54) is 135 Å². The Morgan fingerprint density at radius 1 is 0.284 bits per heavy atom. The van der Waals surface area contributed by atoms with E-state index in [0.29, 0.717) is 19.3 Å². The zero-order valence-corrected chi connectivity index (χ0v) is 48.3. The molecule has 0 aliphatic heterocycles. The Bertz CT molecular complexity index is 1510. The second kappa shape index (κ2) is 61.6. The predicted molar refractivity (Wildman–Crippen MR) is 320 cm³/mol. The van der Waals surface area contributed by atoms with Gasteiger partial charge in [0, 0.05) is 19.3 Å². The van der Waals surface area contributed by atoms with Crippen molar-refractivity contribution in [1.29, 1.82) is 0 Å². The van der Waals surface area contributed by atoms with Crippen LogP contribution in [0.3, 0.4) is 0 Å². The quantitative estimate of drug-likeness (QED) is 0.0261. The third-order valence-corrected chi connectivity index (χ3v) is 13.0. The van der Waals surface area contributed by atoms with E-state index in [2.05, 4.69) is 130 Å². The van der Waals surface area contributed by atoms with E-state index < -0.39 is 6.10 Å². The monoisotopic (exact) mass is 1030 g/mol. The van der Waals surface area contributed by atoms with Crippen molar-refractivity contribution in [2.24, 2.45) is 0 Å². The van der Waals surface area contributed by atoms with Crippen LogP contribution in [0.15, 0.2) is 109 Å². The molecule has 0 saturated carbocycles. The summed E-state index contributed by atoms with van der Waals surface area (Å²) in [5, 5.41) is 0. The molecule has 422 valence electrons. The first kappa shape index (κ1) is 70.1. The Hall–Kier alpha value is -3.93. The van der Waals surface area contributed by atoms with Crippen LogP contribution in [0.5, 0.6) is 0 Å². The van der Waals surface area contributed by atoms with E-state index in [4.69, 9.17) is 14.2 Å². The molecule has 0 fully saturated rings. The van der Waals surface area contributed by atoms with E-state index in [1.807, 2.05) is 0 Å². The van der Waals surface area contributed by atoms with Crippen LogP contribution in [0.25, 0.3) is 0 Å². The van der Waals surface area contributed by atoms with Gasteiger partial charge in [-0.3, -0.25) is 14.4 Å². The molecule has 0 heterocycles. The second-order valence-electron chi connectivity index (χ2n) is 20.2. The number of esters is 3. The minimum atomic E-state index is -0.815. The number of allylic oxidation sites excluding steroid dienone is 18.